The number of nitrogens with zero attached hydrogens (tertiary/aromatic N) is 1. The molecule has 1 aliphatic rings. The number of hydrogen-bond acceptors (Lipinski definition) is 3. The van der Waals surface area contributed by atoms with Crippen LogP contribution in [0.4, 0.5) is 5.69 Å². The Bertz CT molecular complexity index is 436. The first-order chi connectivity index (χ1) is 9.60. The predicted molar refractivity (Wildman–Crippen MR) is 80.5 cm³/mol. The molecule has 4 nitrogen and oxygen atoms in total. The molecule has 0 radical (unpaired) electrons. The van der Waals surface area contributed by atoms with Gasteiger partial charge >= 0.3 is 0 Å². The summed E-state index contributed by atoms with van der Waals surface area (Å²) < 4.78 is 5.33. The van der Waals surface area contributed by atoms with Crippen LogP contribution in [0.25, 0.3) is 0 Å². The van der Waals surface area contributed by atoms with Gasteiger partial charge < -0.3 is 15.4 Å². The maximum Gasteiger partial charge on any atom is 0.223 e. The number of benzene rings is 1. The quantitative estimate of drug-likeness (QED) is 0.859. The van der Waals surface area contributed by atoms with Gasteiger partial charge in [0.2, 0.25) is 5.91 Å². The molecular formula is C16H24N2O2. The number of anilines is 1. The molecule has 0 spiro atoms. The Labute approximate surface area is 120 Å². The second kappa shape index (κ2) is 6.75. The second-order valence-electron chi connectivity index (χ2n) is 5.59. The second-order valence-corrected chi connectivity index (χ2v) is 5.59. The number of piperidine rings is 1. The van der Waals surface area contributed by atoms with Gasteiger partial charge in [-0.15, -0.1) is 0 Å². The fraction of sp³-hybridized carbons (Fsp3) is 0.562. The summed E-state index contributed by atoms with van der Waals surface area (Å²) in [4.78, 5) is 14.3. The van der Waals surface area contributed by atoms with Gasteiger partial charge in [0.25, 0.3) is 0 Å². The van der Waals surface area contributed by atoms with Crippen LogP contribution in [0.2, 0.25) is 0 Å². The van der Waals surface area contributed by atoms with Crippen molar-refractivity contribution in [3.8, 4) is 0 Å². The Hall–Kier alpha value is -1.55. The zero-order valence-electron chi connectivity index (χ0n) is 12.3. The summed E-state index contributed by atoms with van der Waals surface area (Å²) in [7, 11) is 1.74. The number of nitrogens with two attached hydrogens (primary N) is 1. The minimum Gasteiger partial charge on any atom is -0.399 e. The average molecular weight is 276 g/mol. The van der Waals surface area contributed by atoms with E-state index in [1.807, 2.05) is 29.2 Å². The minimum absolute atomic E-state index is 0.225. The van der Waals surface area contributed by atoms with Gasteiger partial charge in [-0.25, -0.2) is 0 Å². The maximum atomic E-state index is 12.3. The molecule has 1 unspecified atom stereocenters. The molecular weight excluding hydrogens is 252 g/mol. The molecule has 0 aromatic heterocycles. The monoisotopic (exact) mass is 276 g/mol. The van der Waals surface area contributed by atoms with Crippen LogP contribution in [0.15, 0.2) is 24.3 Å². The van der Waals surface area contributed by atoms with Gasteiger partial charge in [-0.2, -0.15) is 0 Å². The van der Waals surface area contributed by atoms with Gasteiger partial charge in [-0.05, 0) is 36.5 Å². The number of ether oxygens (including phenoxy) is 1. The summed E-state index contributed by atoms with van der Waals surface area (Å²) >= 11 is 0. The Morgan fingerprint density at radius 1 is 1.35 bits per heavy atom. The van der Waals surface area contributed by atoms with Crippen LogP contribution in [-0.2, 0) is 9.53 Å². The first-order valence-corrected chi connectivity index (χ1v) is 7.26. The normalized spacial score (nSPS) is 18.0. The van der Waals surface area contributed by atoms with E-state index >= 15 is 0 Å². The number of methoxy groups -OCH3 is 1. The molecule has 1 heterocycles. The van der Waals surface area contributed by atoms with E-state index < -0.39 is 0 Å². The molecule has 0 saturated carbocycles. The number of nitrogen functional groups attached to an aromatic ring is 1. The van der Waals surface area contributed by atoms with Crippen molar-refractivity contribution in [1.82, 2.24) is 4.90 Å². The van der Waals surface area contributed by atoms with Gasteiger partial charge in [0.15, 0.2) is 0 Å². The van der Waals surface area contributed by atoms with Gasteiger partial charge in [0.05, 0.1) is 6.10 Å². The first-order valence-electron chi connectivity index (χ1n) is 7.26. The van der Waals surface area contributed by atoms with Crippen LogP contribution in [0, 0.1) is 0 Å². The van der Waals surface area contributed by atoms with Crippen LogP contribution in [0.5, 0.6) is 0 Å². The molecule has 1 fully saturated rings. The largest absolute Gasteiger partial charge is 0.399 e. The molecule has 2 rings (SSSR count). The van der Waals surface area contributed by atoms with Crippen molar-refractivity contribution in [2.45, 2.75) is 38.2 Å². The smallest absolute Gasteiger partial charge is 0.223 e. The molecule has 1 atom stereocenters. The van der Waals surface area contributed by atoms with Gasteiger partial charge in [0, 0.05) is 32.3 Å². The van der Waals surface area contributed by atoms with E-state index in [9.17, 15) is 4.79 Å². The standard InChI is InChI=1S/C16H24N2O2/c1-12(13-3-5-14(17)6-4-13)11-16(19)18-9-7-15(20-2)8-10-18/h3-6,12,15H,7-11,17H2,1-2H3. The van der Waals surface area contributed by atoms with E-state index in [-0.39, 0.29) is 11.8 Å². The molecule has 4 heteroatoms. The third-order valence-corrected chi connectivity index (χ3v) is 4.11. The fourth-order valence-electron chi connectivity index (χ4n) is 2.67. The van der Waals surface area contributed by atoms with Crippen molar-refractivity contribution < 1.29 is 9.53 Å². The highest BCUT2D eigenvalue weighted by atomic mass is 16.5. The molecule has 0 aliphatic carbocycles. The zero-order valence-corrected chi connectivity index (χ0v) is 12.3. The van der Waals surface area contributed by atoms with E-state index in [4.69, 9.17) is 10.5 Å². The lowest BCUT2D eigenvalue weighted by molar-refractivity contribution is -0.133. The van der Waals surface area contributed by atoms with Crippen LogP contribution >= 0.6 is 0 Å². The molecule has 2 N–H and O–H groups in total. The molecule has 20 heavy (non-hydrogen) atoms. The lowest BCUT2D eigenvalue weighted by atomic mass is 9.96. The van der Waals surface area contributed by atoms with E-state index in [2.05, 4.69) is 6.92 Å². The molecule has 0 bridgehead atoms. The summed E-state index contributed by atoms with van der Waals surface area (Å²) in [6, 6.07) is 7.79. The zero-order chi connectivity index (χ0) is 14.5. The van der Waals surface area contributed by atoms with Crippen molar-refractivity contribution in [2.75, 3.05) is 25.9 Å². The Morgan fingerprint density at radius 3 is 2.50 bits per heavy atom. The van der Waals surface area contributed by atoms with Crippen molar-refractivity contribution in [3.05, 3.63) is 29.8 Å². The van der Waals surface area contributed by atoms with Crippen molar-refractivity contribution in [2.24, 2.45) is 0 Å². The van der Waals surface area contributed by atoms with E-state index in [1.54, 1.807) is 7.11 Å². The fourth-order valence-corrected chi connectivity index (χ4v) is 2.67. The molecule has 1 amide bonds. The molecule has 1 saturated heterocycles. The number of carbonyl (C=O) groups excluding carboxylic acids is 1. The van der Waals surface area contributed by atoms with E-state index in [0.29, 0.717) is 12.5 Å². The number of amides is 1. The molecule has 1 aliphatic heterocycles. The average Bonchev–Trinajstić information content (AvgIpc) is 2.48. The number of carbonyl (C=O) groups is 1. The van der Waals surface area contributed by atoms with E-state index in [1.165, 1.54) is 5.56 Å². The van der Waals surface area contributed by atoms with Crippen LogP contribution < -0.4 is 5.73 Å². The number of likely N-dealkylation sites (tertiary alicyclic amines) is 1. The SMILES string of the molecule is COC1CCN(C(=O)CC(C)c2ccc(N)cc2)CC1. The number of hydrogen-bond donors (Lipinski definition) is 1. The van der Waals surface area contributed by atoms with Crippen LogP contribution in [-0.4, -0.2) is 37.1 Å². The summed E-state index contributed by atoms with van der Waals surface area (Å²) in [5.74, 6) is 0.465. The summed E-state index contributed by atoms with van der Waals surface area (Å²) in [5, 5.41) is 0. The Balaban J connectivity index is 1.86. The Morgan fingerprint density at radius 2 is 1.95 bits per heavy atom. The van der Waals surface area contributed by atoms with Gasteiger partial charge in [-0.1, -0.05) is 19.1 Å². The van der Waals surface area contributed by atoms with E-state index in [0.717, 1.165) is 31.6 Å². The minimum atomic E-state index is 0.225. The highest BCUT2D eigenvalue weighted by Gasteiger charge is 2.23. The molecule has 1 aromatic rings. The third kappa shape index (κ3) is 3.73. The molecule has 1 aromatic carbocycles. The summed E-state index contributed by atoms with van der Waals surface area (Å²) in [5.41, 5.74) is 7.61. The lowest BCUT2D eigenvalue weighted by Crippen LogP contribution is -2.40. The Kier molecular flexibility index (Phi) is 5.01. The molecule has 110 valence electrons. The first kappa shape index (κ1) is 14.9. The van der Waals surface area contributed by atoms with Gasteiger partial charge in [-0.3, -0.25) is 4.79 Å². The van der Waals surface area contributed by atoms with Crippen molar-refractivity contribution >= 4 is 11.6 Å². The van der Waals surface area contributed by atoms with Gasteiger partial charge in [0.1, 0.15) is 0 Å². The highest BCUT2D eigenvalue weighted by molar-refractivity contribution is 5.77. The summed E-state index contributed by atoms with van der Waals surface area (Å²) in [6.45, 7) is 3.71. The predicted octanol–water partition coefficient (Wildman–Crippen LogP) is 2.40. The highest BCUT2D eigenvalue weighted by Crippen LogP contribution is 2.22. The van der Waals surface area contributed by atoms with Crippen LogP contribution in [0.1, 0.15) is 37.7 Å². The number of rotatable bonds is 4. The maximum absolute atomic E-state index is 12.3. The third-order valence-electron chi connectivity index (χ3n) is 4.11. The van der Waals surface area contributed by atoms with Crippen molar-refractivity contribution in [1.29, 1.82) is 0 Å². The topological polar surface area (TPSA) is 55.6 Å². The van der Waals surface area contributed by atoms with Crippen molar-refractivity contribution in [3.63, 3.8) is 0 Å². The lowest BCUT2D eigenvalue weighted by Gasteiger charge is -2.32. The summed E-state index contributed by atoms with van der Waals surface area (Å²) in [6.07, 6.45) is 2.76. The van der Waals surface area contributed by atoms with Crippen LogP contribution in [0.3, 0.4) is 0 Å².